The van der Waals surface area contributed by atoms with Gasteiger partial charge in [0.25, 0.3) is 0 Å². The van der Waals surface area contributed by atoms with Crippen molar-refractivity contribution in [3.63, 3.8) is 0 Å². The number of hydrogen-bond donors (Lipinski definition) is 1. The molecule has 2 aromatic rings. The summed E-state index contributed by atoms with van der Waals surface area (Å²) in [4.78, 5) is 15.9. The molecule has 82 valence electrons. The SMILES string of the molecule is Cc1nc(C(=O)c2ccc(N)c(F)c2)cs1. The van der Waals surface area contributed by atoms with Gasteiger partial charge in [0, 0.05) is 10.9 Å². The van der Waals surface area contributed by atoms with Gasteiger partial charge in [-0.25, -0.2) is 9.37 Å². The Morgan fingerprint density at radius 3 is 2.81 bits per heavy atom. The molecule has 0 saturated heterocycles. The Labute approximate surface area is 95.7 Å². The van der Waals surface area contributed by atoms with Gasteiger partial charge in [0.05, 0.1) is 10.7 Å². The summed E-state index contributed by atoms with van der Waals surface area (Å²) in [7, 11) is 0. The second-order valence-electron chi connectivity index (χ2n) is 3.32. The van der Waals surface area contributed by atoms with Crippen molar-refractivity contribution in [2.24, 2.45) is 0 Å². The average molecular weight is 236 g/mol. The fraction of sp³-hybridized carbons (Fsp3) is 0.0909. The van der Waals surface area contributed by atoms with E-state index in [9.17, 15) is 9.18 Å². The number of nitrogen functional groups attached to an aromatic ring is 1. The number of hydrogen-bond acceptors (Lipinski definition) is 4. The standard InChI is InChI=1S/C11H9FN2OS/c1-6-14-10(5-16-6)11(15)7-2-3-9(13)8(12)4-7/h2-5H,13H2,1H3. The van der Waals surface area contributed by atoms with Crippen molar-refractivity contribution in [1.82, 2.24) is 4.98 Å². The van der Waals surface area contributed by atoms with Gasteiger partial charge in [0.2, 0.25) is 5.78 Å². The van der Waals surface area contributed by atoms with Gasteiger partial charge < -0.3 is 5.73 Å². The Morgan fingerprint density at radius 1 is 1.50 bits per heavy atom. The van der Waals surface area contributed by atoms with Crippen molar-refractivity contribution in [2.45, 2.75) is 6.92 Å². The van der Waals surface area contributed by atoms with Gasteiger partial charge in [0.15, 0.2) is 0 Å². The number of anilines is 1. The minimum atomic E-state index is -0.585. The van der Waals surface area contributed by atoms with Crippen LogP contribution >= 0.6 is 11.3 Å². The van der Waals surface area contributed by atoms with Crippen molar-refractivity contribution in [3.8, 4) is 0 Å². The Bertz CT molecular complexity index is 551. The van der Waals surface area contributed by atoms with Crippen molar-refractivity contribution < 1.29 is 9.18 Å². The van der Waals surface area contributed by atoms with Crippen molar-refractivity contribution in [3.05, 3.63) is 45.7 Å². The molecule has 16 heavy (non-hydrogen) atoms. The summed E-state index contributed by atoms with van der Waals surface area (Å²) in [6, 6.07) is 4.00. The number of nitrogens with zero attached hydrogens (tertiary/aromatic N) is 1. The van der Waals surface area contributed by atoms with Gasteiger partial charge in [0.1, 0.15) is 11.5 Å². The number of ketones is 1. The number of thiazole rings is 1. The summed E-state index contributed by atoms with van der Waals surface area (Å²) in [5.74, 6) is -0.874. The van der Waals surface area contributed by atoms with Crippen molar-refractivity contribution in [1.29, 1.82) is 0 Å². The Kier molecular flexibility index (Phi) is 2.70. The van der Waals surface area contributed by atoms with Gasteiger partial charge in [-0.15, -0.1) is 11.3 Å². The van der Waals surface area contributed by atoms with Crippen LogP contribution in [0.15, 0.2) is 23.6 Å². The lowest BCUT2D eigenvalue weighted by molar-refractivity contribution is 0.103. The molecule has 0 aliphatic rings. The molecule has 0 fully saturated rings. The highest BCUT2D eigenvalue weighted by atomic mass is 32.1. The highest BCUT2D eigenvalue weighted by Crippen LogP contribution is 2.17. The van der Waals surface area contributed by atoms with Gasteiger partial charge in [-0.2, -0.15) is 0 Å². The maximum atomic E-state index is 13.2. The van der Waals surface area contributed by atoms with E-state index in [1.54, 1.807) is 5.38 Å². The van der Waals surface area contributed by atoms with Crippen LogP contribution in [0.1, 0.15) is 21.1 Å². The fourth-order valence-electron chi connectivity index (χ4n) is 1.28. The molecule has 2 rings (SSSR count). The number of nitrogens with two attached hydrogens (primary N) is 1. The zero-order valence-electron chi connectivity index (χ0n) is 8.53. The van der Waals surface area contributed by atoms with Crippen LogP contribution in [0, 0.1) is 12.7 Å². The molecule has 1 aromatic carbocycles. The molecule has 0 aliphatic carbocycles. The summed E-state index contributed by atoms with van der Waals surface area (Å²) in [6.45, 7) is 1.81. The van der Waals surface area contributed by atoms with E-state index in [-0.39, 0.29) is 17.0 Å². The monoisotopic (exact) mass is 236 g/mol. The lowest BCUT2D eigenvalue weighted by atomic mass is 10.1. The number of aromatic nitrogens is 1. The summed E-state index contributed by atoms with van der Waals surface area (Å²) < 4.78 is 13.2. The third-order valence-corrected chi connectivity index (χ3v) is 2.89. The van der Waals surface area contributed by atoms with E-state index in [4.69, 9.17) is 5.73 Å². The molecule has 0 radical (unpaired) electrons. The molecule has 0 aliphatic heterocycles. The first kappa shape index (κ1) is 10.8. The minimum Gasteiger partial charge on any atom is -0.396 e. The highest BCUT2D eigenvalue weighted by molar-refractivity contribution is 7.09. The summed E-state index contributed by atoms with van der Waals surface area (Å²) >= 11 is 1.38. The van der Waals surface area contributed by atoms with Gasteiger partial charge in [-0.05, 0) is 25.1 Å². The largest absolute Gasteiger partial charge is 0.396 e. The molecule has 1 aromatic heterocycles. The molecule has 0 amide bonds. The third kappa shape index (κ3) is 1.94. The molecule has 0 saturated carbocycles. The van der Waals surface area contributed by atoms with Gasteiger partial charge in [-0.3, -0.25) is 4.79 Å². The van der Waals surface area contributed by atoms with Crippen LogP contribution in [-0.4, -0.2) is 10.8 Å². The average Bonchev–Trinajstić information content (AvgIpc) is 2.68. The van der Waals surface area contributed by atoms with Crippen LogP contribution in [0.25, 0.3) is 0 Å². The first-order valence-electron chi connectivity index (χ1n) is 4.60. The van der Waals surface area contributed by atoms with Gasteiger partial charge >= 0.3 is 0 Å². The van der Waals surface area contributed by atoms with E-state index in [1.165, 1.54) is 23.5 Å². The molecule has 3 nitrogen and oxygen atoms in total. The van der Waals surface area contributed by atoms with E-state index in [2.05, 4.69) is 4.98 Å². The molecule has 0 unspecified atom stereocenters. The molecule has 0 atom stereocenters. The highest BCUT2D eigenvalue weighted by Gasteiger charge is 2.13. The molecule has 1 heterocycles. The minimum absolute atomic E-state index is 0.0333. The maximum absolute atomic E-state index is 13.2. The molecule has 0 bridgehead atoms. The first-order valence-corrected chi connectivity index (χ1v) is 5.48. The number of halogens is 1. The molecule has 2 N–H and O–H groups in total. The Morgan fingerprint density at radius 2 is 2.25 bits per heavy atom. The number of carbonyl (C=O) groups is 1. The normalized spacial score (nSPS) is 10.4. The van der Waals surface area contributed by atoms with Crippen LogP contribution in [0.5, 0.6) is 0 Å². The van der Waals surface area contributed by atoms with Crippen LogP contribution in [-0.2, 0) is 0 Å². The maximum Gasteiger partial charge on any atom is 0.212 e. The van der Waals surface area contributed by atoms with Crippen LogP contribution in [0.2, 0.25) is 0 Å². The quantitative estimate of drug-likeness (QED) is 0.643. The molecule has 5 heteroatoms. The van der Waals surface area contributed by atoms with E-state index in [0.717, 1.165) is 11.1 Å². The topological polar surface area (TPSA) is 56.0 Å². The molecule has 0 spiro atoms. The van der Waals surface area contributed by atoms with Crippen LogP contribution < -0.4 is 5.73 Å². The van der Waals surface area contributed by atoms with Gasteiger partial charge in [-0.1, -0.05) is 0 Å². The fourth-order valence-corrected chi connectivity index (χ4v) is 1.88. The lowest BCUT2D eigenvalue weighted by Gasteiger charge is -2.00. The summed E-state index contributed by atoms with van der Waals surface area (Å²) in [6.07, 6.45) is 0. The van der Waals surface area contributed by atoms with E-state index >= 15 is 0 Å². The first-order chi connectivity index (χ1) is 7.58. The third-order valence-electron chi connectivity index (χ3n) is 2.11. The lowest BCUT2D eigenvalue weighted by Crippen LogP contribution is -2.03. The Balaban J connectivity index is 2.38. The van der Waals surface area contributed by atoms with Crippen molar-refractivity contribution >= 4 is 22.8 Å². The summed E-state index contributed by atoms with van der Waals surface area (Å²) in [5, 5.41) is 2.46. The summed E-state index contributed by atoms with van der Waals surface area (Å²) in [5.41, 5.74) is 5.97. The smallest absolute Gasteiger partial charge is 0.212 e. The van der Waals surface area contributed by atoms with Crippen molar-refractivity contribution in [2.75, 3.05) is 5.73 Å². The number of aryl methyl sites for hydroxylation is 1. The number of benzene rings is 1. The van der Waals surface area contributed by atoms with Crippen LogP contribution in [0.3, 0.4) is 0 Å². The molecular weight excluding hydrogens is 227 g/mol. The number of carbonyl (C=O) groups excluding carboxylic acids is 1. The second kappa shape index (κ2) is 4.02. The van der Waals surface area contributed by atoms with Crippen LogP contribution in [0.4, 0.5) is 10.1 Å². The van der Waals surface area contributed by atoms with E-state index < -0.39 is 5.82 Å². The zero-order valence-corrected chi connectivity index (χ0v) is 9.34. The van der Waals surface area contributed by atoms with E-state index in [0.29, 0.717) is 5.69 Å². The zero-order chi connectivity index (χ0) is 11.7. The number of rotatable bonds is 2. The predicted molar refractivity (Wildman–Crippen MR) is 61.1 cm³/mol. The Hall–Kier alpha value is -1.75. The van der Waals surface area contributed by atoms with E-state index in [1.807, 2.05) is 6.92 Å². The predicted octanol–water partition coefficient (Wildman–Crippen LogP) is 2.40. The second-order valence-corrected chi connectivity index (χ2v) is 4.38. The molecular formula is C11H9FN2OS.